The molecule has 1 atom stereocenters. The summed E-state index contributed by atoms with van der Waals surface area (Å²) in [5, 5.41) is 3.41. The molecule has 0 fully saturated rings. The SMILES string of the molecule is CCCNC(=O)C(CC)N(Cc1ccc(Cl)cc1)C(=O)CN(c1ccc(I)cc1)S(C)(=O)=O. The third-order valence-electron chi connectivity index (χ3n) is 5.00. The van der Waals surface area contributed by atoms with Gasteiger partial charge in [-0.05, 0) is 77.4 Å². The zero-order valence-corrected chi connectivity index (χ0v) is 22.7. The van der Waals surface area contributed by atoms with Gasteiger partial charge in [0.25, 0.3) is 0 Å². The minimum atomic E-state index is -3.74. The van der Waals surface area contributed by atoms with E-state index in [4.69, 9.17) is 11.6 Å². The predicted octanol–water partition coefficient (Wildman–Crippen LogP) is 4.04. The van der Waals surface area contributed by atoms with Gasteiger partial charge in [0, 0.05) is 21.7 Å². The molecule has 180 valence electrons. The highest BCUT2D eigenvalue weighted by molar-refractivity contribution is 14.1. The number of sulfonamides is 1. The summed E-state index contributed by atoms with van der Waals surface area (Å²) >= 11 is 8.11. The normalized spacial score (nSPS) is 12.2. The number of amides is 2. The number of hydrogen-bond acceptors (Lipinski definition) is 4. The lowest BCUT2D eigenvalue weighted by Crippen LogP contribution is -2.52. The Kier molecular flexibility index (Phi) is 10.4. The minimum absolute atomic E-state index is 0.151. The van der Waals surface area contributed by atoms with E-state index in [2.05, 4.69) is 27.9 Å². The van der Waals surface area contributed by atoms with Crippen LogP contribution in [0.3, 0.4) is 0 Å². The van der Waals surface area contributed by atoms with Crippen molar-refractivity contribution >= 4 is 61.7 Å². The van der Waals surface area contributed by atoms with Gasteiger partial charge in [-0.3, -0.25) is 13.9 Å². The van der Waals surface area contributed by atoms with Crippen LogP contribution < -0.4 is 9.62 Å². The number of anilines is 1. The third-order valence-corrected chi connectivity index (χ3v) is 7.11. The molecular weight excluding hydrogens is 577 g/mol. The van der Waals surface area contributed by atoms with Gasteiger partial charge in [0.05, 0.1) is 11.9 Å². The Balaban J connectivity index is 2.39. The molecular formula is C23H29ClIN3O4S. The second kappa shape index (κ2) is 12.6. The summed E-state index contributed by atoms with van der Waals surface area (Å²) in [7, 11) is -3.74. The third kappa shape index (κ3) is 8.15. The molecule has 2 aromatic rings. The van der Waals surface area contributed by atoms with E-state index in [1.807, 2.05) is 13.8 Å². The summed E-state index contributed by atoms with van der Waals surface area (Å²) in [4.78, 5) is 27.8. The highest BCUT2D eigenvalue weighted by Crippen LogP contribution is 2.21. The molecule has 2 aromatic carbocycles. The van der Waals surface area contributed by atoms with E-state index in [0.717, 1.165) is 26.1 Å². The van der Waals surface area contributed by atoms with Gasteiger partial charge in [-0.2, -0.15) is 0 Å². The predicted molar refractivity (Wildman–Crippen MR) is 141 cm³/mol. The summed E-state index contributed by atoms with van der Waals surface area (Å²) in [5.74, 6) is -0.728. The molecule has 7 nitrogen and oxygen atoms in total. The number of carbonyl (C=O) groups excluding carboxylic acids is 2. The van der Waals surface area contributed by atoms with E-state index in [-0.39, 0.29) is 12.5 Å². The lowest BCUT2D eigenvalue weighted by atomic mass is 10.1. The first kappa shape index (κ1) is 27.4. The van der Waals surface area contributed by atoms with Crippen LogP contribution in [0.4, 0.5) is 5.69 Å². The number of benzene rings is 2. The summed E-state index contributed by atoms with van der Waals surface area (Å²) in [6, 6.07) is 13.1. The quantitative estimate of drug-likeness (QED) is 0.392. The molecule has 0 aromatic heterocycles. The largest absolute Gasteiger partial charge is 0.354 e. The first-order valence-electron chi connectivity index (χ1n) is 10.6. The molecule has 2 rings (SSSR count). The monoisotopic (exact) mass is 605 g/mol. The fourth-order valence-electron chi connectivity index (χ4n) is 3.29. The van der Waals surface area contributed by atoms with E-state index in [1.165, 1.54) is 4.90 Å². The van der Waals surface area contributed by atoms with Gasteiger partial charge in [-0.1, -0.05) is 37.6 Å². The average Bonchev–Trinajstić information content (AvgIpc) is 2.77. The van der Waals surface area contributed by atoms with Crippen LogP contribution in [0.1, 0.15) is 32.3 Å². The van der Waals surface area contributed by atoms with E-state index in [0.29, 0.717) is 23.7 Å². The zero-order valence-electron chi connectivity index (χ0n) is 18.9. The van der Waals surface area contributed by atoms with Crippen molar-refractivity contribution in [1.29, 1.82) is 0 Å². The van der Waals surface area contributed by atoms with Crippen LogP contribution in [0, 0.1) is 3.57 Å². The van der Waals surface area contributed by atoms with Gasteiger partial charge in [0.2, 0.25) is 21.8 Å². The molecule has 0 heterocycles. The molecule has 33 heavy (non-hydrogen) atoms. The van der Waals surface area contributed by atoms with Gasteiger partial charge in [0.1, 0.15) is 12.6 Å². The Hall–Kier alpha value is -1.85. The summed E-state index contributed by atoms with van der Waals surface area (Å²) < 4.78 is 27.1. The van der Waals surface area contributed by atoms with Crippen LogP contribution in [0.15, 0.2) is 48.5 Å². The Morgan fingerprint density at radius 3 is 2.18 bits per heavy atom. The van der Waals surface area contributed by atoms with Gasteiger partial charge in [0.15, 0.2) is 0 Å². The Morgan fingerprint density at radius 2 is 1.67 bits per heavy atom. The topological polar surface area (TPSA) is 86.8 Å². The van der Waals surface area contributed by atoms with E-state index in [1.54, 1.807) is 48.5 Å². The van der Waals surface area contributed by atoms with Crippen molar-refractivity contribution in [3.63, 3.8) is 0 Å². The molecule has 0 aliphatic heterocycles. The van der Waals surface area contributed by atoms with Crippen molar-refractivity contribution in [1.82, 2.24) is 10.2 Å². The second-order valence-electron chi connectivity index (χ2n) is 7.61. The Labute approximate surface area is 214 Å². The molecule has 2 amide bonds. The number of hydrogen-bond donors (Lipinski definition) is 1. The van der Waals surface area contributed by atoms with Gasteiger partial charge in [-0.15, -0.1) is 0 Å². The number of carbonyl (C=O) groups is 2. The van der Waals surface area contributed by atoms with Crippen LogP contribution in [-0.2, 0) is 26.2 Å². The van der Waals surface area contributed by atoms with Crippen molar-refractivity contribution in [2.45, 2.75) is 39.3 Å². The van der Waals surface area contributed by atoms with Crippen molar-refractivity contribution in [2.75, 3.05) is 23.7 Å². The highest BCUT2D eigenvalue weighted by Gasteiger charge is 2.31. The van der Waals surface area contributed by atoms with Crippen LogP contribution >= 0.6 is 34.2 Å². The molecule has 1 unspecified atom stereocenters. The number of halogens is 2. The molecule has 0 aliphatic carbocycles. The van der Waals surface area contributed by atoms with Crippen LogP contribution in [-0.4, -0.2) is 50.5 Å². The van der Waals surface area contributed by atoms with Crippen LogP contribution in [0.25, 0.3) is 0 Å². The first-order chi connectivity index (χ1) is 15.6. The molecule has 10 heteroatoms. The second-order valence-corrected chi connectivity index (χ2v) is 11.2. The van der Waals surface area contributed by atoms with Gasteiger partial charge in [-0.25, -0.2) is 8.42 Å². The van der Waals surface area contributed by atoms with E-state index >= 15 is 0 Å². The summed E-state index contributed by atoms with van der Waals surface area (Å²) in [6.07, 6.45) is 2.21. The smallest absolute Gasteiger partial charge is 0.244 e. The lowest BCUT2D eigenvalue weighted by molar-refractivity contribution is -0.140. The Bertz CT molecular complexity index is 1050. The number of nitrogens with one attached hydrogen (secondary N) is 1. The maximum Gasteiger partial charge on any atom is 0.244 e. The fourth-order valence-corrected chi connectivity index (χ4v) is 4.63. The molecule has 0 aliphatic rings. The van der Waals surface area contributed by atoms with Crippen LogP contribution in [0.2, 0.25) is 5.02 Å². The average molecular weight is 606 g/mol. The summed E-state index contributed by atoms with van der Waals surface area (Å²) in [6.45, 7) is 4.01. The van der Waals surface area contributed by atoms with E-state index in [9.17, 15) is 18.0 Å². The fraction of sp³-hybridized carbons (Fsp3) is 0.391. The lowest BCUT2D eigenvalue weighted by Gasteiger charge is -2.33. The number of rotatable bonds is 11. The van der Waals surface area contributed by atoms with Crippen LogP contribution in [0.5, 0.6) is 0 Å². The maximum atomic E-state index is 13.5. The standard InChI is InChI=1S/C23H29ClIN3O4S/c1-4-14-26-23(30)21(5-2)27(15-17-6-8-18(24)9-7-17)22(29)16-28(33(3,31)32)20-12-10-19(25)11-13-20/h6-13,21H,4-5,14-16H2,1-3H3,(H,26,30). The van der Waals surface area contributed by atoms with Gasteiger partial charge >= 0.3 is 0 Å². The van der Waals surface area contributed by atoms with Crippen molar-refractivity contribution in [2.24, 2.45) is 0 Å². The molecule has 0 saturated heterocycles. The van der Waals surface area contributed by atoms with Crippen molar-refractivity contribution in [3.8, 4) is 0 Å². The number of nitrogens with zero attached hydrogens (tertiary/aromatic N) is 2. The minimum Gasteiger partial charge on any atom is -0.354 e. The Morgan fingerprint density at radius 1 is 1.06 bits per heavy atom. The molecule has 0 bridgehead atoms. The van der Waals surface area contributed by atoms with Crippen molar-refractivity contribution < 1.29 is 18.0 Å². The molecule has 0 radical (unpaired) electrons. The van der Waals surface area contributed by atoms with Gasteiger partial charge < -0.3 is 10.2 Å². The molecule has 0 saturated carbocycles. The molecule has 1 N–H and O–H groups in total. The summed E-state index contributed by atoms with van der Waals surface area (Å²) in [5.41, 5.74) is 1.18. The highest BCUT2D eigenvalue weighted by atomic mass is 127. The van der Waals surface area contributed by atoms with E-state index < -0.39 is 28.5 Å². The van der Waals surface area contributed by atoms with Crippen molar-refractivity contribution in [3.05, 3.63) is 62.7 Å². The maximum absolute atomic E-state index is 13.5. The molecule has 0 spiro atoms. The first-order valence-corrected chi connectivity index (χ1v) is 13.9. The zero-order chi connectivity index (χ0) is 24.6.